The van der Waals surface area contributed by atoms with E-state index < -0.39 is 0 Å². The molecule has 2 aromatic rings. The Balaban J connectivity index is 1.73. The minimum atomic E-state index is -0.206. The van der Waals surface area contributed by atoms with Crippen LogP contribution in [0.25, 0.3) is 0 Å². The summed E-state index contributed by atoms with van der Waals surface area (Å²) in [6.45, 7) is 5.61. The van der Waals surface area contributed by atoms with Gasteiger partial charge in [0, 0.05) is 19.1 Å². The van der Waals surface area contributed by atoms with Crippen LogP contribution in [0.15, 0.2) is 28.7 Å². The molecule has 0 N–H and O–H groups in total. The van der Waals surface area contributed by atoms with Gasteiger partial charge in [-0.05, 0) is 37.8 Å². The summed E-state index contributed by atoms with van der Waals surface area (Å²) in [6.07, 6.45) is 2.46. The fourth-order valence-electron chi connectivity index (χ4n) is 2.64. The lowest BCUT2D eigenvalue weighted by Crippen LogP contribution is -2.14. The standard InChI is InChI=1S/C17H22N2O3/c1-3-14(21-15-7-5-4-6-12(15)2)17-19-18-16(22-17)13-8-10-20-11-9-13/h4-7,13-14H,3,8-11H2,1-2H3/t14-/m0/s1. The van der Waals surface area contributed by atoms with Crippen LogP contribution in [0.1, 0.15) is 55.6 Å². The van der Waals surface area contributed by atoms with Crippen LogP contribution in [0.2, 0.25) is 0 Å². The number of benzene rings is 1. The van der Waals surface area contributed by atoms with Crippen LogP contribution < -0.4 is 4.74 Å². The minimum absolute atomic E-state index is 0.206. The number of aryl methyl sites for hydroxylation is 1. The summed E-state index contributed by atoms with van der Waals surface area (Å²) in [5, 5.41) is 8.43. The summed E-state index contributed by atoms with van der Waals surface area (Å²) >= 11 is 0. The SMILES string of the molecule is CC[C@H](Oc1ccccc1C)c1nnc(C2CCOCC2)o1. The Morgan fingerprint density at radius 1 is 1.23 bits per heavy atom. The molecule has 2 heterocycles. The maximum atomic E-state index is 6.06. The van der Waals surface area contributed by atoms with Gasteiger partial charge >= 0.3 is 0 Å². The smallest absolute Gasteiger partial charge is 0.256 e. The van der Waals surface area contributed by atoms with Crippen LogP contribution in [-0.2, 0) is 4.74 Å². The highest BCUT2D eigenvalue weighted by Crippen LogP contribution is 2.30. The number of hydrogen-bond donors (Lipinski definition) is 0. The normalized spacial score (nSPS) is 17.4. The Morgan fingerprint density at radius 2 is 2.00 bits per heavy atom. The van der Waals surface area contributed by atoms with Crippen LogP contribution in [0.3, 0.4) is 0 Å². The van der Waals surface area contributed by atoms with E-state index in [0.717, 1.165) is 43.8 Å². The molecule has 0 saturated carbocycles. The second kappa shape index (κ2) is 6.92. The molecule has 22 heavy (non-hydrogen) atoms. The van der Waals surface area contributed by atoms with Gasteiger partial charge in [-0.15, -0.1) is 10.2 Å². The molecule has 1 fully saturated rings. The second-order valence-corrected chi connectivity index (χ2v) is 5.65. The van der Waals surface area contributed by atoms with Crippen molar-refractivity contribution in [2.75, 3.05) is 13.2 Å². The lowest BCUT2D eigenvalue weighted by Gasteiger charge is -2.18. The molecule has 3 rings (SSSR count). The van der Waals surface area contributed by atoms with Gasteiger partial charge in [0.2, 0.25) is 5.89 Å². The number of hydrogen-bond acceptors (Lipinski definition) is 5. The Morgan fingerprint density at radius 3 is 2.73 bits per heavy atom. The summed E-state index contributed by atoms with van der Waals surface area (Å²) in [5.74, 6) is 2.45. The van der Waals surface area contributed by atoms with E-state index in [-0.39, 0.29) is 6.10 Å². The van der Waals surface area contributed by atoms with Crippen molar-refractivity contribution in [3.63, 3.8) is 0 Å². The van der Waals surface area contributed by atoms with E-state index in [2.05, 4.69) is 17.1 Å². The van der Waals surface area contributed by atoms with E-state index in [0.29, 0.717) is 17.7 Å². The van der Waals surface area contributed by atoms with Gasteiger partial charge in [0.1, 0.15) is 5.75 Å². The first-order valence-electron chi connectivity index (χ1n) is 7.91. The van der Waals surface area contributed by atoms with Crippen molar-refractivity contribution in [1.82, 2.24) is 10.2 Å². The Bertz CT molecular complexity index is 605. The van der Waals surface area contributed by atoms with Gasteiger partial charge in [-0.1, -0.05) is 25.1 Å². The third kappa shape index (κ3) is 3.30. The van der Waals surface area contributed by atoms with Crippen molar-refractivity contribution in [3.05, 3.63) is 41.6 Å². The van der Waals surface area contributed by atoms with Crippen LogP contribution >= 0.6 is 0 Å². The van der Waals surface area contributed by atoms with Crippen molar-refractivity contribution in [3.8, 4) is 5.75 Å². The Labute approximate surface area is 130 Å². The van der Waals surface area contributed by atoms with Crippen molar-refractivity contribution in [1.29, 1.82) is 0 Å². The number of ether oxygens (including phenoxy) is 2. The monoisotopic (exact) mass is 302 g/mol. The predicted octanol–water partition coefficient (Wildman–Crippen LogP) is 3.80. The lowest BCUT2D eigenvalue weighted by atomic mass is 10.0. The summed E-state index contributed by atoms with van der Waals surface area (Å²) in [7, 11) is 0. The highest BCUT2D eigenvalue weighted by atomic mass is 16.5. The maximum Gasteiger partial charge on any atom is 0.256 e. The van der Waals surface area contributed by atoms with E-state index in [9.17, 15) is 0 Å². The van der Waals surface area contributed by atoms with Gasteiger partial charge in [-0.25, -0.2) is 0 Å². The molecule has 5 heteroatoms. The first-order chi connectivity index (χ1) is 10.8. The molecule has 0 bridgehead atoms. The van der Waals surface area contributed by atoms with E-state index in [4.69, 9.17) is 13.9 Å². The summed E-state index contributed by atoms with van der Waals surface area (Å²) in [4.78, 5) is 0. The molecule has 0 unspecified atom stereocenters. The van der Waals surface area contributed by atoms with E-state index in [1.165, 1.54) is 0 Å². The maximum absolute atomic E-state index is 6.06. The molecule has 0 spiro atoms. The van der Waals surface area contributed by atoms with Crippen LogP contribution in [0.5, 0.6) is 5.75 Å². The van der Waals surface area contributed by atoms with Gasteiger partial charge in [-0.2, -0.15) is 0 Å². The van der Waals surface area contributed by atoms with Crippen molar-refractivity contribution >= 4 is 0 Å². The average Bonchev–Trinajstić information content (AvgIpc) is 3.05. The third-order valence-corrected chi connectivity index (χ3v) is 4.04. The minimum Gasteiger partial charge on any atom is -0.480 e. The average molecular weight is 302 g/mol. The number of aromatic nitrogens is 2. The topological polar surface area (TPSA) is 57.4 Å². The molecule has 0 amide bonds. The van der Waals surface area contributed by atoms with E-state index in [1.807, 2.05) is 31.2 Å². The van der Waals surface area contributed by atoms with Gasteiger partial charge in [0.25, 0.3) is 5.89 Å². The molecule has 5 nitrogen and oxygen atoms in total. The zero-order chi connectivity index (χ0) is 15.4. The Hall–Kier alpha value is -1.88. The lowest BCUT2D eigenvalue weighted by molar-refractivity contribution is 0.0778. The number of nitrogens with zero attached hydrogens (tertiary/aromatic N) is 2. The highest BCUT2D eigenvalue weighted by Gasteiger charge is 2.25. The van der Waals surface area contributed by atoms with Crippen molar-refractivity contribution in [2.45, 2.75) is 45.1 Å². The number of para-hydroxylation sites is 1. The van der Waals surface area contributed by atoms with Crippen molar-refractivity contribution in [2.24, 2.45) is 0 Å². The Kier molecular flexibility index (Phi) is 4.73. The summed E-state index contributed by atoms with van der Waals surface area (Å²) < 4.78 is 17.3. The molecule has 1 atom stereocenters. The molecule has 1 aliphatic heterocycles. The number of rotatable bonds is 5. The van der Waals surface area contributed by atoms with Gasteiger partial charge in [-0.3, -0.25) is 0 Å². The molecule has 0 radical (unpaired) electrons. The van der Waals surface area contributed by atoms with Crippen LogP contribution in [-0.4, -0.2) is 23.4 Å². The second-order valence-electron chi connectivity index (χ2n) is 5.65. The molecular formula is C17H22N2O3. The largest absolute Gasteiger partial charge is 0.480 e. The fraction of sp³-hybridized carbons (Fsp3) is 0.529. The molecule has 0 aliphatic carbocycles. The predicted molar refractivity (Wildman–Crippen MR) is 81.9 cm³/mol. The van der Waals surface area contributed by atoms with E-state index >= 15 is 0 Å². The fourth-order valence-corrected chi connectivity index (χ4v) is 2.64. The molecule has 118 valence electrons. The van der Waals surface area contributed by atoms with Gasteiger partial charge in [0.15, 0.2) is 6.10 Å². The first-order valence-corrected chi connectivity index (χ1v) is 7.91. The van der Waals surface area contributed by atoms with Crippen LogP contribution in [0, 0.1) is 6.92 Å². The third-order valence-electron chi connectivity index (χ3n) is 4.04. The quantitative estimate of drug-likeness (QED) is 0.840. The molecular weight excluding hydrogens is 280 g/mol. The highest BCUT2D eigenvalue weighted by molar-refractivity contribution is 5.32. The van der Waals surface area contributed by atoms with Crippen LogP contribution in [0.4, 0.5) is 0 Å². The first kappa shape index (κ1) is 15.0. The zero-order valence-corrected chi connectivity index (χ0v) is 13.1. The van der Waals surface area contributed by atoms with Gasteiger partial charge < -0.3 is 13.9 Å². The van der Waals surface area contributed by atoms with Crippen molar-refractivity contribution < 1.29 is 13.9 Å². The summed E-state index contributed by atoms with van der Waals surface area (Å²) in [6, 6.07) is 7.96. The van der Waals surface area contributed by atoms with E-state index in [1.54, 1.807) is 0 Å². The van der Waals surface area contributed by atoms with Gasteiger partial charge in [0.05, 0.1) is 0 Å². The summed E-state index contributed by atoms with van der Waals surface area (Å²) in [5.41, 5.74) is 1.10. The molecule has 1 aromatic carbocycles. The molecule has 1 aliphatic rings. The molecule has 1 saturated heterocycles. The zero-order valence-electron chi connectivity index (χ0n) is 13.1. The molecule has 1 aromatic heterocycles.